The third-order valence-corrected chi connectivity index (χ3v) is 6.15. The van der Waals surface area contributed by atoms with Crippen molar-refractivity contribution in [1.82, 2.24) is 9.80 Å². The van der Waals surface area contributed by atoms with E-state index >= 15 is 0 Å². The van der Waals surface area contributed by atoms with Crippen LogP contribution in [0.15, 0.2) is 24.3 Å². The number of likely N-dealkylation sites (tertiary alicyclic amines) is 2. The molecule has 1 atom stereocenters. The molecule has 1 saturated carbocycles. The second-order valence-corrected chi connectivity index (χ2v) is 7.93. The third kappa shape index (κ3) is 3.83. The largest absolute Gasteiger partial charge is 0.497 e. The number of carbonyl (C=O) groups is 1. The summed E-state index contributed by atoms with van der Waals surface area (Å²) in [6.45, 7) is 3.55. The van der Waals surface area contributed by atoms with E-state index in [4.69, 9.17) is 9.47 Å². The van der Waals surface area contributed by atoms with E-state index in [2.05, 4.69) is 4.90 Å². The smallest absolute Gasteiger partial charge is 0.227 e. The molecule has 0 radical (unpaired) electrons. The fourth-order valence-corrected chi connectivity index (χ4v) is 4.63. The molecule has 2 heterocycles. The summed E-state index contributed by atoms with van der Waals surface area (Å²) in [5, 5.41) is 0. The fraction of sp³-hybridized carbons (Fsp3) is 0.667. The predicted molar refractivity (Wildman–Crippen MR) is 101 cm³/mol. The molecule has 1 amide bonds. The van der Waals surface area contributed by atoms with E-state index in [0.29, 0.717) is 19.0 Å². The average molecular weight is 358 g/mol. The Bertz CT molecular complexity index is 623. The van der Waals surface area contributed by atoms with Gasteiger partial charge in [-0.25, -0.2) is 0 Å². The van der Waals surface area contributed by atoms with Gasteiger partial charge in [0.15, 0.2) is 0 Å². The van der Waals surface area contributed by atoms with Crippen LogP contribution in [0.25, 0.3) is 0 Å². The predicted octanol–water partition coefficient (Wildman–Crippen LogP) is 2.94. The minimum Gasteiger partial charge on any atom is -0.497 e. The SMILES string of the molecule is COc1cccc(OC2CN(C(=O)[C@@H]3CCCN(C4CCCC4)C3)C2)c1. The van der Waals surface area contributed by atoms with Gasteiger partial charge >= 0.3 is 0 Å². The molecule has 1 aromatic rings. The maximum atomic E-state index is 12.9. The van der Waals surface area contributed by atoms with Crippen LogP contribution in [0.2, 0.25) is 0 Å². The molecule has 0 aromatic heterocycles. The second-order valence-electron chi connectivity index (χ2n) is 7.93. The van der Waals surface area contributed by atoms with Crippen molar-refractivity contribution in [2.75, 3.05) is 33.3 Å². The molecule has 5 heteroatoms. The van der Waals surface area contributed by atoms with E-state index in [1.165, 1.54) is 32.2 Å². The van der Waals surface area contributed by atoms with Gasteiger partial charge in [0, 0.05) is 18.7 Å². The molecule has 142 valence electrons. The number of benzene rings is 1. The Hall–Kier alpha value is -1.75. The number of rotatable bonds is 5. The van der Waals surface area contributed by atoms with Gasteiger partial charge in [-0.05, 0) is 44.4 Å². The van der Waals surface area contributed by atoms with Gasteiger partial charge in [0.2, 0.25) is 5.91 Å². The molecular formula is C21H30N2O3. The van der Waals surface area contributed by atoms with Crippen molar-refractivity contribution in [1.29, 1.82) is 0 Å². The van der Waals surface area contributed by atoms with E-state index in [9.17, 15) is 4.79 Å². The minimum atomic E-state index is 0.0978. The molecule has 26 heavy (non-hydrogen) atoms. The molecule has 0 unspecified atom stereocenters. The number of nitrogens with zero attached hydrogens (tertiary/aromatic N) is 2. The first-order valence-electron chi connectivity index (χ1n) is 10.1. The minimum absolute atomic E-state index is 0.0978. The Labute approximate surface area is 156 Å². The van der Waals surface area contributed by atoms with Crippen LogP contribution in [-0.2, 0) is 4.79 Å². The summed E-state index contributed by atoms with van der Waals surface area (Å²) in [7, 11) is 1.65. The van der Waals surface area contributed by atoms with Gasteiger partial charge < -0.3 is 14.4 Å². The number of hydrogen-bond acceptors (Lipinski definition) is 4. The standard InChI is InChI=1S/C21H30N2O3/c1-25-18-9-4-10-19(12-18)26-20-14-23(15-20)21(24)16-6-5-11-22(13-16)17-7-2-3-8-17/h4,9-10,12,16-17,20H,2-3,5-8,11,13-15H2,1H3/t16-/m1/s1. The van der Waals surface area contributed by atoms with Crippen LogP contribution in [0.4, 0.5) is 0 Å². The molecule has 1 aromatic carbocycles. The quantitative estimate of drug-likeness (QED) is 0.812. The van der Waals surface area contributed by atoms with Crippen LogP contribution >= 0.6 is 0 Å². The number of methoxy groups -OCH3 is 1. The van der Waals surface area contributed by atoms with Crippen LogP contribution in [0.5, 0.6) is 11.5 Å². The summed E-state index contributed by atoms with van der Waals surface area (Å²) in [5.41, 5.74) is 0. The summed E-state index contributed by atoms with van der Waals surface area (Å²) in [6, 6.07) is 8.39. The number of hydrogen-bond donors (Lipinski definition) is 0. The lowest BCUT2D eigenvalue weighted by Gasteiger charge is -2.43. The van der Waals surface area contributed by atoms with Crippen LogP contribution in [0, 0.1) is 5.92 Å². The van der Waals surface area contributed by atoms with Gasteiger partial charge in [-0.2, -0.15) is 0 Å². The molecule has 2 aliphatic heterocycles. The summed E-state index contributed by atoms with van der Waals surface area (Å²) < 4.78 is 11.2. The van der Waals surface area contributed by atoms with E-state index < -0.39 is 0 Å². The zero-order valence-electron chi connectivity index (χ0n) is 15.7. The Balaban J connectivity index is 1.26. The summed E-state index contributed by atoms with van der Waals surface area (Å²) in [4.78, 5) is 17.4. The first-order chi connectivity index (χ1) is 12.7. The molecule has 3 fully saturated rings. The molecule has 2 saturated heterocycles. The van der Waals surface area contributed by atoms with Crippen molar-refractivity contribution in [2.24, 2.45) is 5.92 Å². The highest BCUT2D eigenvalue weighted by molar-refractivity contribution is 5.80. The lowest BCUT2D eigenvalue weighted by atomic mass is 9.93. The molecule has 0 N–H and O–H groups in total. The summed E-state index contributed by atoms with van der Waals surface area (Å²) in [6.07, 6.45) is 7.65. The van der Waals surface area contributed by atoms with Crippen molar-refractivity contribution in [3.8, 4) is 11.5 Å². The first-order valence-corrected chi connectivity index (χ1v) is 10.1. The number of amides is 1. The first kappa shape index (κ1) is 17.7. The zero-order valence-corrected chi connectivity index (χ0v) is 15.7. The third-order valence-electron chi connectivity index (χ3n) is 6.15. The van der Waals surface area contributed by atoms with Crippen molar-refractivity contribution in [2.45, 2.75) is 50.7 Å². The second kappa shape index (κ2) is 7.87. The van der Waals surface area contributed by atoms with Gasteiger partial charge in [0.25, 0.3) is 0 Å². The zero-order chi connectivity index (χ0) is 17.9. The van der Waals surface area contributed by atoms with E-state index in [1.807, 2.05) is 29.2 Å². The molecular weight excluding hydrogens is 328 g/mol. The monoisotopic (exact) mass is 358 g/mol. The van der Waals surface area contributed by atoms with Gasteiger partial charge in [-0.1, -0.05) is 18.9 Å². The number of carbonyl (C=O) groups excluding carboxylic acids is 1. The number of piperidine rings is 1. The summed E-state index contributed by atoms with van der Waals surface area (Å²) in [5.74, 6) is 2.12. The Morgan fingerprint density at radius 3 is 2.58 bits per heavy atom. The lowest BCUT2D eigenvalue weighted by Crippen LogP contribution is -2.59. The lowest BCUT2D eigenvalue weighted by molar-refractivity contribution is -0.146. The van der Waals surface area contributed by atoms with Gasteiger partial charge in [0.1, 0.15) is 17.6 Å². The number of ether oxygens (including phenoxy) is 2. The maximum absolute atomic E-state index is 12.9. The molecule has 0 spiro atoms. The van der Waals surface area contributed by atoms with Crippen LogP contribution in [0.3, 0.4) is 0 Å². The average Bonchev–Trinajstić information content (AvgIpc) is 3.19. The molecule has 3 aliphatic rings. The van der Waals surface area contributed by atoms with Crippen molar-refractivity contribution in [3.05, 3.63) is 24.3 Å². The Morgan fingerprint density at radius 2 is 1.81 bits per heavy atom. The maximum Gasteiger partial charge on any atom is 0.227 e. The van der Waals surface area contributed by atoms with E-state index in [-0.39, 0.29) is 12.0 Å². The van der Waals surface area contributed by atoms with Crippen molar-refractivity contribution in [3.63, 3.8) is 0 Å². The van der Waals surface area contributed by atoms with E-state index in [0.717, 1.165) is 36.9 Å². The molecule has 0 bridgehead atoms. The van der Waals surface area contributed by atoms with Gasteiger partial charge in [-0.3, -0.25) is 9.69 Å². The van der Waals surface area contributed by atoms with Crippen LogP contribution in [0.1, 0.15) is 38.5 Å². The summed E-state index contributed by atoms with van der Waals surface area (Å²) >= 11 is 0. The van der Waals surface area contributed by atoms with Crippen LogP contribution in [-0.4, -0.2) is 61.1 Å². The Morgan fingerprint density at radius 1 is 1.04 bits per heavy atom. The van der Waals surface area contributed by atoms with Crippen molar-refractivity contribution < 1.29 is 14.3 Å². The van der Waals surface area contributed by atoms with Crippen molar-refractivity contribution >= 4 is 5.91 Å². The normalized spacial score (nSPS) is 25.1. The highest BCUT2D eigenvalue weighted by atomic mass is 16.5. The topological polar surface area (TPSA) is 42.0 Å². The van der Waals surface area contributed by atoms with Gasteiger partial charge in [0.05, 0.1) is 26.1 Å². The molecule has 4 rings (SSSR count). The highest BCUT2D eigenvalue weighted by Crippen LogP contribution is 2.30. The van der Waals surface area contributed by atoms with Gasteiger partial charge in [-0.15, -0.1) is 0 Å². The fourth-order valence-electron chi connectivity index (χ4n) is 4.63. The molecule has 1 aliphatic carbocycles. The highest BCUT2D eigenvalue weighted by Gasteiger charge is 2.38. The van der Waals surface area contributed by atoms with E-state index in [1.54, 1.807) is 7.11 Å². The Kier molecular flexibility index (Phi) is 5.34. The van der Waals surface area contributed by atoms with Crippen LogP contribution < -0.4 is 9.47 Å². The molecule has 5 nitrogen and oxygen atoms in total.